The maximum absolute atomic E-state index is 5.72. The van der Waals surface area contributed by atoms with Crippen LogP contribution in [-0.4, -0.2) is 4.86 Å². The predicted octanol–water partition coefficient (Wildman–Crippen LogP) is 5.50. The molecule has 0 radical (unpaired) electrons. The minimum Gasteiger partial charge on any atom is -0.0888 e. The molecule has 0 aliphatic rings. The van der Waals surface area contributed by atoms with E-state index in [0.717, 1.165) is 0 Å². The lowest BCUT2D eigenvalue weighted by Gasteiger charge is -2.38. The van der Waals surface area contributed by atoms with E-state index in [2.05, 4.69) is 55.4 Å². The first-order valence-corrected chi connectivity index (χ1v) is 6.97. The maximum Gasteiger partial charge on any atom is 0.00157 e. The van der Waals surface area contributed by atoms with Crippen LogP contribution in [0.4, 0.5) is 0 Å². The molecule has 96 valence electrons. The van der Waals surface area contributed by atoms with Gasteiger partial charge < -0.3 is 0 Å². The van der Waals surface area contributed by atoms with Crippen molar-refractivity contribution in [1.82, 2.24) is 0 Å². The molecule has 0 saturated carbocycles. The summed E-state index contributed by atoms with van der Waals surface area (Å²) in [5.41, 5.74) is 0.504. The lowest BCUT2D eigenvalue weighted by Crippen LogP contribution is -2.36. The van der Waals surface area contributed by atoms with Crippen LogP contribution in [0.25, 0.3) is 0 Å². The molecule has 16 heavy (non-hydrogen) atoms. The Morgan fingerprint density at radius 3 is 1.75 bits per heavy atom. The molecule has 0 fully saturated rings. The van der Waals surface area contributed by atoms with Gasteiger partial charge in [-0.05, 0) is 29.1 Å². The normalized spacial score (nSPS) is 17.0. The van der Waals surface area contributed by atoms with Crippen molar-refractivity contribution in [1.29, 1.82) is 0 Å². The lowest BCUT2D eigenvalue weighted by atomic mass is 9.68. The van der Waals surface area contributed by atoms with Crippen molar-refractivity contribution in [2.75, 3.05) is 0 Å². The number of rotatable bonds is 4. The van der Waals surface area contributed by atoms with E-state index >= 15 is 0 Å². The highest BCUT2D eigenvalue weighted by atomic mass is 32.1. The van der Waals surface area contributed by atoms with Gasteiger partial charge in [-0.2, -0.15) is 0 Å². The molecule has 1 heteroatoms. The fraction of sp³-hybridized carbons (Fsp3) is 0.933. The smallest absolute Gasteiger partial charge is 0.00157 e. The Morgan fingerprint density at radius 1 is 1.06 bits per heavy atom. The van der Waals surface area contributed by atoms with Crippen molar-refractivity contribution in [3.05, 3.63) is 0 Å². The van der Waals surface area contributed by atoms with Gasteiger partial charge in [-0.15, -0.1) is 0 Å². The molecule has 0 N–H and O–H groups in total. The van der Waals surface area contributed by atoms with E-state index in [1.54, 1.807) is 0 Å². The second kappa shape index (κ2) is 5.62. The maximum atomic E-state index is 5.72. The molecule has 0 aliphatic carbocycles. The standard InChI is InChI=1S/C15H30S/c1-9-10-12(11(2)14(3,4)5)13(16)15(6,7)8/h11-12H,9-10H2,1-8H3. The fourth-order valence-electron chi connectivity index (χ4n) is 2.08. The quantitative estimate of drug-likeness (QED) is 0.586. The first kappa shape index (κ1) is 16.1. The van der Waals surface area contributed by atoms with Gasteiger partial charge in [-0.3, -0.25) is 0 Å². The summed E-state index contributed by atoms with van der Waals surface area (Å²) in [6.07, 6.45) is 2.45. The monoisotopic (exact) mass is 242 g/mol. The molecular weight excluding hydrogens is 212 g/mol. The molecule has 0 aliphatic heterocycles. The van der Waals surface area contributed by atoms with Crippen LogP contribution in [0.15, 0.2) is 0 Å². The highest BCUT2D eigenvalue weighted by Gasteiger charge is 2.34. The Labute approximate surface area is 108 Å². The number of hydrogen-bond donors (Lipinski definition) is 0. The summed E-state index contributed by atoms with van der Waals surface area (Å²) in [6, 6.07) is 0. The van der Waals surface area contributed by atoms with Gasteiger partial charge in [0.05, 0.1) is 0 Å². The van der Waals surface area contributed by atoms with Gasteiger partial charge in [0, 0.05) is 4.86 Å². The minimum atomic E-state index is 0.161. The molecule has 0 amide bonds. The highest BCUT2D eigenvalue weighted by Crippen LogP contribution is 2.38. The van der Waals surface area contributed by atoms with Gasteiger partial charge in [0.1, 0.15) is 0 Å². The first-order valence-electron chi connectivity index (χ1n) is 6.56. The van der Waals surface area contributed by atoms with Crippen LogP contribution in [0.3, 0.4) is 0 Å². The third-order valence-corrected chi connectivity index (χ3v) is 4.56. The number of thiocarbonyl (C=S) groups is 1. The summed E-state index contributed by atoms with van der Waals surface area (Å²) < 4.78 is 0. The summed E-state index contributed by atoms with van der Waals surface area (Å²) in [7, 11) is 0. The Morgan fingerprint density at radius 2 is 1.50 bits per heavy atom. The fourth-order valence-corrected chi connectivity index (χ4v) is 2.40. The average molecular weight is 242 g/mol. The van der Waals surface area contributed by atoms with Crippen molar-refractivity contribution in [3.63, 3.8) is 0 Å². The van der Waals surface area contributed by atoms with E-state index in [1.165, 1.54) is 17.7 Å². The van der Waals surface area contributed by atoms with Crippen LogP contribution < -0.4 is 0 Å². The molecule has 2 unspecified atom stereocenters. The zero-order chi connectivity index (χ0) is 13.1. The van der Waals surface area contributed by atoms with Crippen molar-refractivity contribution in [2.45, 2.75) is 68.2 Å². The van der Waals surface area contributed by atoms with Gasteiger partial charge in [-0.25, -0.2) is 0 Å². The summed E-state index contributed by atoms with van der Waals surface area (Å²) in [5.74, 6) is 1.24. The van der Waals surface area contributed by atoms with E-state index in [4.69, 9.17) is 12.2 Å². The molecule has 0 rings (SSSR count). The van der Waals surface area contributed by atoms with Crippen LogP contribution in [0, 0.1) is 22.7 Å². The van der Waals surface area contributed by atoms with Crippen LogP contribution in [0.5, 0.6) is 0 Å². The van der Waals surface area contributed by atoms with Gasteiger partial charge in [-0.1, -0.05) is 74.0 Å². The molecule has 0 aromatic rings. The SMILES string of the molecule is CCCC(C(=S)C(C)(C)C)C(C)C(C)(C)C. The largest absolute Gasteiger partial charge is 0.0888 e. The van der Waals surface area contributed by atoms with Crippen molar-refractivity contribution < 1.29 is 0 Å². The third-order valence-electron chi connectivity index (χ3n) is 3.65. The second-order valence-corrected chi connectivity index (χ2v) is 7.60. The van der Waals surface area contributed by atoms with Gasteiger partial charge in [0.2, 0.25) is 0 Å². The van der Waals surface area contributed by atoms with E-state index < -0.39 is 0 Å². The molecule has 0 aromatic carbocycles. The Balaban J connectivity index is 4.95. The van der Waals surface area contributed by atoms with Crippen LogP contribution >= 0.6 is 12.2 Å². The van der Waals surface area contributed by atoms with E-state index in [1.807, 2.05) is 0 Å². The summed E-state index contributed by atoms with van der Waals surface area (Å²) >= 11 is 5.72. The van der Waals surface area contributed by atoms with Gasteiger partial charge >= 0.3 is 0 Å². The Hall–Kier alpha value is 0.0900. The summed E-state index contributed by atoms with van der Waals surface area (Å²) in [6.45, 7) is 18.3. The topological polar surface area (TPSA) is 0 Å². The lowest BCUT2D eigenvalue weighted by molar-refractivity contribution is 0.203. The van der Waals surface area contributed by atoms with Crippen molar-refractivity contribution in [2.24, 2.45) is 22.7 Å². The first-order chi connectivity index (χ1) is 7.01. The minimum absolute atomic E-state index is 0.161. The van der Waals surface area contributed by atoms with Crippen LogP contribution in [-0.2, 0) is 0 Å². The van der Waals surface area contributed by atoms with Crippen molar-refractivity contribution >= 4 is 17.1 Å². The zero-order valence-electron chi connectivity index (χ0n) is 12.5. The predicted molar refractivity (Wildman–Crippen MR) is 79.1 cm³/mol. The molecule has 0 spiro atoms. The molecule has 0 bridgehead atoms. The molecule has 0 nitrogen and oxygen atoms in total. The van der Waals surface area contributed by atoms with Crippen LogP contribution in [0.1, 0.15) is 68.2 Å². The van der Waals surface area contributed by atoms with E-state index in [0.29, 0.717) is 17.3 Å². The summed E-state index contributed by atoms with van der Waals surface area (Å²) in [4.78, 5) is 1.26. The van der Waals surface area contributed by atoms with E-state index in [9.17, 15) is 0 Å². The number of hydrogen-bond acceptors (Lipinski definition) is 1. The molecule has 0 heterocycles. The zero-order valence-corrected chi connectivity index (χ0v) is 13.3. The highest BCUT2D eigenvalue weighted by molar-refractivity contribution is 7.80. The van der Waals surface area contributed by atoms with Crippen LogP contribution in [0.2, 0.25) is 0 Å². The second-order valence-electron chi connectivity index (χ2n) is 7.16. The summed E-state index contributed by atoms with van der Waals surface area (Å²) in [5, 5.41) is 0. The molecule has 0 saturated heterocycles. The van der Waals surface area contributed by atoms with Gasteiger partial charge in [0.15, 0.2) is 0 Å². The van der Waals surface area contributed by atoms with Crippen molar-refractivity contribution in [3.8, 4) is 0 Å². The Kier molecular flexibility index (Phi) is 5.65. The third kappa shape index (κ3) is 4.53. The van der Waals surface area contributed by atoms with E-state index in [-0.39, 0.29) is 5.41 Å². The Bertz CT molecular complexity index is 227. The molecule has 0 aromatic heterocycles. The molecule has 2 atom stereocenters. The molecular formula is C15H30S. The average Bonchev–Trinajstić information content (AvgIpc) is 2.09. The van der Waals surface area contributed by atoms with Gasteiger partial charge in [0.25, 0.3) is 0 Å².